The second-order valence-corrected chi connectivity index (χ2v) is 4.84. The van der Waals surface area contributed by atoms with E-state index in [-0.39, 0.29) is 0 Å². The number of aromatic nitrogens is 1. The Kier molecular flexibility index (Phi) is 3.60. The zero-order valence-corrected chi connectivity index (χ0v) is 11.7. The molecule has 5 nitrogen and oxygen atoms in total. The first kappa shape index (κ1) is 13.0. The molecule has 0 amide bonds. The number of hydrogen-bond donors (Lipinski definition) is 1. The number of oxazole rings is 1. The Morgan fingerprint density at radius 1 is 1.30 bits per heavy atom. The third kappa shape index (κ3) is 2.77. The van der Waals surface area contributed by atoms with Crippen LogP contribution in [0, 0.1) is 0 Å². The topological polar surface area (TPSA) is 56.5 Å². The Morgan fingerprint density at radius 3 is 2.85 bits per heavy atom. The smallest absolute Gasteiger partial charge is 0.208 e. The molecule has 1 aliphatic carbocycles. The van der Waals surface area contributed by atoms with Crippen LogP contribution in [-0.2, 0) is 6.54 Å². The van der Waals surface area contributed by atoms with Crippen molar-refractivity contribution in [3.8, 4) is 22.8 Å². The molecule has 0 aliphatic heterocycles. The van der Waals surface area contributed by atoms with Gasteiger partial charge in [-0.15, -0.1) is 0 Å². The standard InChI is InChI=1S/C15H18N2O3/c1-18-11-5-6-13(19-2)12(7-11)14-8-17-15(20-14)9-16-10-3-4-10/h5-8,10,16H,3-4,9H2,1-2H3. The number of rotatable bonds is 6. The Hall–Kier alpha value is -2.01. The Labute approximate surface area is 117 Å². The van der Waals surface area contributed by atoms with Gasteiger partial charge in [-0.1, -0.05) is 0 Å². The zero-order valence-electron chi connectivity index (χ0n) is 11.7. The maximum absolute atomic E-state index is 5.78. The summed E-state index contributed by atoms with van der Waals surface area (Å²) in [5.74, 6) is 2.88. The van der Waals surface area contributed by atoms with E-state index in [4.69, 9.17) is 13.9 Å². The molecule has 1 aromatic carbocycles. The van der Waals surface area contributed by atoms with Gasteiger partial charge in [-0.05, 0) is 31.0 Å². The summed E-state index contributed by atoms with van der Waals surface area (Å²) >= 11 is 0. The van der Waals surface area contributed by atoms with Gasteiger partial charge < -0.3 is 19.2 Å². The number of benzene rings is 1. The van der Waals surface area contributed by atoms with E-state index in [9.17, 15) is 0 Å². The molecule has 5 heteroatoms. The molecule has 0 bridgehead atoms. The van der Waals surface area contributed by atoms with Gasteiger partial charge in [0.05, 0.1) is 32.5 Å². The van der Waals surface area contributed by atoms with Crippen LogP contribution in [0.4, 0.5) is 0 Å². The number of nitrogens with one attached hydrogen (secondary N) is 1. The predicted molar refractivity (Wildman–Crippen MR) is 74.9 cm³/mol. The fourth-order valence-electron chi connectivity index (χ4n) is 2.04. The van der Waals surface area contributed by atoms with E-state index in [1.165, 1.54) is 12.8 Å². The van der Waals surface area contributed by atoms with Crippen molar-refractivity contribution in [1.82, 2.24) is 10.3 Å². The van der Waals surface area contributed by atoms with Crippen molar-refractivity contribution in [3.63, 3.8) is 0 Å². The second-order valence-electron chi connectivity index (χ2n) is 4.84. The van der Waals surface area contributed by atoms with Gasteiger partial charge in [0.25, 0.3) is 0 Å². The van der Waals surface area contributed by atoms with Gasteiger partial charge in [-0.3, -0.25) is 0 Å². The highest BCUT2D eigenvalue weighted by Crippen LogP contribution is 2.33. The second kappa shape index (κ2) is 5.54. The van der Waals surface area contributed by atoms with Gasteiger partial charge in [-0.2, -0.15) is 0 Å². The van der Waals surface area contributed by atoms with E-state index in [1.807, 2.05) is 18.2 Å². The number of methoxy groups -OCH3 is 2. The van der Waals surface area contributed by atoms with Crippen LogP contribution in [0.3, 0.4) is 0 Å². The van der Waals surface area contributed by atoms with Crippen LogP contribution in [0.15, 0.2) is 28.8 Å². The molecule has 1 saturated carbocycles. The lowest BCUT2D eigenvalue weighted by Crippen LogP contribution is -2.15. The van der Waals surface area contributed by atoms with Gasteiger partial charge in [0.15, 0.2) is 5.76 Å². The van der Waals surface area contributed by atoms with Crippen LogP contribution >= 0.6 is 0 Å². The van der Waals surface area contributed by atoms with Crippen molar-refractivity contribution < 1.29 is 13.9 Å². The molecule has 3 rings (SSSR count). The quantitative estimate of drug-likeness (QED) is 0.877. The number of nitrogens with zero attached hydrogens (tertiary/aromatic N) is 1. The number of hydrogen-bond acceptors (Lipinski definition) is 5. The SMILES string of the molecule is COc1ccc(OC)c(-c2cnc(CNC3CC3)o2)c1. The summed E-state index contributed by atoms with van der Waals surface area (Å²) in [6.45, 7) is 0.664. The van der Waals surface area contributed by atoms with E-state index in [0.717, 1.165) is 17.1 Å². The fraction of sp³-hybridized carbons (Fsp3) is 0.400. The molecular formula is C15H18N2O3. The van der Waals surface area contributed by atoms with Gasteiger partial charge >= 0.3 is 0 Å². The van der Waals surface area contributed by atoms with Gasteiger partial charge in [0, 0.05) is 6.04 Å². The summed E-state index contributed by atoms with van der Waals surface area (Å²) in [4.78, 5) is 4.30. The molecule has 1 heterocycles. The first-order valence-corrected chi connectivity index (χ1v) is 6.70. The van der Waals surface area contributed by atoms with Crippen molar-refractivity contribution in [1.29, 1.82) is 0 Å². The normalized spacial score (nSPS) is 14.3. The maximum Gasteiger partial charge on any atom is 0.208 e. The minimum Gasteiger partial charge on any atom is -0.497 e. The van der Waals surface area contributed by atoms with Gasteiger partial charge in [-0.25, -0.2) is 4.98 Å². The molecule has 0 unspecified atom stereocenters. The molecule has 1 aromatic heterocycles. The van der Waals surface area contributed by atoms with Crippen LogP contribution in [0.5, 0.6) is 11.5 Å². The molecule has 0 atom stereocenters. The average molecular weight is 274 g/mol. The summed E-state index contributed by atoms with van der Waals surface area (Å²) in [6.07, 6.45) is 4.22. The minimum absolute atomic E-state index is 0.636. The highest BCUT2D eigenvalue weighted by atomic mass is 16.5. The van der Waals surface area contributed by atoms with Crippen molar-refractivity contribution in [3.05, 3.63) is 30.3 Å². The molecule has 0 saturated heterocycles. The summed E-state index contributed by atoms with van der Waals surface area (Å²) in [5.41, 5.74) is 0.844. The summed E-state index contributed by atoms with van der Waals surface area (Å²) in [5, 5.41) is 3.38. The molecule has 106 valence electrons. The molecular weight excluding hydrogens is 256 g/mol. The largest absolute Gasteiger partial charge is 0.497 e. The van der Waals surface area contributed by atoms with Crippen LogP contribution in [0.2, 0.25) is 0 Å². The van der Waals surface area contributed by atoms with E-state index in [1.54, 1.807) is 20.4 Å². The predicted octanol–water partition coefficient (Wildman–Crippen LogP) is 2.61. The van der Waals surface area contributed by atoms with Crippen molar-refractivity contribution >= 4 is 0 Å². The molecule has 2 aromatic rings. The highest BCUT2D eigenvalue weighted by Gasteiger charge is 2.21. The Morgan fingerprint density at radius 2 is 2.15 bits per heavy atom. The summed E-state index contributed by atoms with van der Waals surface area (Å²) in [6, 6.07) is 6.24. The molecule has 20 heavy (non-hydrogen) atoms. The zero-order chi connectivity index (χ0) is 13.9. The van der Waals surface area contributed by atoms with Crippen LogP contribution in [0.1, 0.15) is 18.7 Å². The summed E-state index contributed by atoms with van der Waals surface area (Å²) in [7, 11) is 3.27. The van der Waals surface area contributed by atoms with E-state index >= 15 is 0 Å². The van der Waals surface area contributed by atoms with E-state index in [2.05, 4.69) is 10.3 Å². The first-order valence-electron chi connectivity index (χ1n) is 6.70. The highest BCUT2D eigenvalue weighted by molar-refractivity contribution is 5.67. The monoisotopic (exact) mass is 274 g/mol. The molecule has 1 aliphatic rings. The molecule has 1 fully saturated rings. The number of ether oxygens (including phenoxy) is 2. The molecule has 0 radical (unpaired) electrons. The van der Waals surface area contributed by atoms with Crippen LogP contribution < -0.4 is 14.8 Å². The van der Waals surface area contributed by atoms with Gasteiger partial charge in [0.2, 0.25) is 5.89 Å². The molecule has 1 N–H and O–H groups in total. The van der Waals surface area contributed by atoms with E-state index < -0.39 is 0 Å². The third-order valence-electron chi connectivity index (χ3n) is 3.34. The summed E-state index contributed by atoms with van der Waals surface area (Å²) < 4.78 is 16.4. The van der Waals surface area contributed by atoms with Crippen molar-refractivity contribution in [2.75, 3.05) is 14.2 Å². The lowest BCUT2D eigenvalue weighted by atomic mass is 10.1. The lowest BCUT2D eigenvalue weighted by molar-refractivity contribution is 0.402. The fourth-order valence-corrected chi connectivity index (χ4v) is 2.04. The van der Waals surface area contributed by atoms with Crippen LogP contribution in [-0.4, -0.2) is 25.2 Å². The van der Waals surface area contributed by atoms with E-state index in [0.29, 0.717) is 24.2 Å². The third-order valence-corrected chi connectivity index (χ3v) is 3.34. The average Bonchev–Trinajstić information content (AvgIpc) is 3.21. The minimum atomic E-state index is 0.636. The van der Waals surface area contributed by atoms with Gasteiger partial charge in [0.1, 0.15) is 11.5 Å². The first-order chi connectivity index (χ1) is 9.80. The molecule has 0 spiro atoms. The lowest BCUT2D eigenvalue weighted by Gasteiger charge is -2.08. The van der Waals surface area contributed by atoms with Crippen molar-refractivity contribution in [2.45, 2.75) is 25.4 Å². The van der Waals surface area contributed by atoms with Crippen LogP contribution in [0.25, 0.3) is 11.3 Å². The Balaban J connectivity index is 1.83. The Bertz CT molecular complexity index is 591. The van der Waals surface area contributed by atoms with Crippen molar-refractivity contribution in [2.24, 2.45) is 0 Å². The maximum atomic E-state index is 5.78.